The number of fused-ring (bicyclic) bond motifs is 6. The largest absolute Gasteiger partial charge is 1.00 e. The molecule has 1 saturated carbocycles. The molecule has 2 aromatic carbocycles. The molecule has 0 radical (unpaired) electrons. The van der Waals surface area contributed by atoms with Crippen molar-refractivity contribution >= 4 is 8.78 Å². The van der Waals surface area contributed by atoms with E-state index < -0.39 is 0 Å². The smallest absolute Gasteiger partial charge is 0.172 e. The minimum atomic E-state index is 0. The molecular formula is C29H32Cl2Zr-2. The first-order valence-corrected chi connectivity index (χ1v) is 12.6. The van der Waals surface area contributed by atoms with Crippen molar-refractivity contribution in [2.45, 2.75) is 52.4 Å². The van der Waals surface area contributed by atoms with E-state index in [1.165, 1.54) is 40.9 Å². The van der Waals surface area contributed by atoms with E-state index in [0.29, 0.717) is 0 Å². The Bertz CT molecular complexity index is 957. The van der Waals surface area contributed by atoms with Crippen molar-refractivity contribution in [3.8, 4) is 0 Å². The van der Waals surface area contributed by atoms with Gasteiger partial charge in [0.05, 0.1) is 0 Å². The molecule has 32 heavy (non-hydrogen) atoms. The average Bonchev–Trinajstić information content (AvgIpc) is 3.45. The second kappa shape index (κ2) is 13.0. The Morgan fingerprint density at radius 1 is 0.969 bits per heavy atom. The number of benzene rings is 1. The molecule has 3 heteroatoms. The summed E-state index contributed by atoms with van der Waals surface area (Å²) < 4.78 is 1.51. The molecule has 2 unspecified atom stereocenters. The Morgan fingerprint density at radius 2 is 1.69 bits per heavy atom. The molecule has 0 N–H and O–H groups in total. The molecule has 1 fully saturated rings. The van der Waals surface area contributed by atoms with E-state index in [2.05, 4.69) is 56.7 Å². The summed E-state index contributed by atoms with van der Waals surface area (Å²) in [6.45, 7) is 4.25. The van der Waals surface area contributed by atoms with E-state index in [1.807, 2.05) is 30.3 Å². The van der Waals surface area contributed by atoms with Crippen molar-refractivity contribution in [1.29, 1.82) is 0 Å². The van der Waals surface area contributed by atoms with E-state index in [1.54, 1.807) is 52.1 Å². The summed E-state index contributed by atoms with van der Waals surface area (Å²) in [5.74, 6) is 1.60. The van der Waals surface area contributed by atoms with Gasteiger partial charge in [0.15, 0.2) is 0 Å². The van der Waals surface area contributed by atoms with Crippen LogP contribution in [0.15, 0.2) is 83.5 Å². The first-order valence-electron chi connectivity index (χ1n) is 11.4. The fourth-order valence-corrected chi connectivity index (χ4v) is 5.38. The Hall–Kier alpha value is -1.01. The summed E-state index contributed by atoms with van der Waals surface area (Å²) in [7, 11) is 0. The van der Waals surface area contributed by atoms with Crippen LogP contribution in [0.25, 0.3) is 5.57 Å². The number of hydrogen-bond donors (Lipinski definition) is 0. The molecular weight excluding hydrogens is 510 g/mol. The van der Waals surface area contributed by atoms with Crippen LogP contribution in [0.1, 0.15) is 57.1 Å². The van der Waals surface area contributed by atoms with Gasteiger partial charge < -0.3 is 24.8 Å². The molecule has 2 aromatic rings. The molecule has 0 saturated heterocycles. The van der Waals surface area contributed by atoms with Gasteiger partial charge in [-0.05, 0) is 36.7 Å². The predicted molar refractivity (Wildman–Crippen MR) is 126 cm³/mol. The standard InChI is InChI=1S/C21H21.C5H5.C3H6.2ClH.Zr/c1-2-8-15-14(7-1)13-20-18-11-4-3-9-16(18)17-10-5-6-12-19(17)21(15)20;1-2-4-5-3-1;1-3-2;;;/h1-2,6-8,11-12,16-17H,3-5,9-10,13H2;1-5H;1-2H3;2*1H;/q2*-1;;;;+2/p-2. The van der Waals surface area contributed by atoms with Gasteiger partial charge in [0, 0.05) is 0 Å². The van der Waals surface area contributed by atoms with Crippen molar-refractivity contribution in [2.75, 3.05) is 0 Å². The third kappa shape index (κ3) is 6.11. The third-order valence-corrected chi connectivity index (χ3v) is 6.46. The van der Waals surface area contributed by atoms with E-state index in [4.69, 9.17) is 0 Å². The second-order valence-electron chi connectivity index (χ2n) is 8.89. The molecule has 2 atom stereocenters. The zero-order valence-electron chi connectivity index (χ0n) is 19.1. The first kappa shape index (κ1) is 27.2. The van der Waals surface area contributed by atoms with Crippen LogP contribution in [-0.2, 0) is 30.7 Å². The predicted octanol–water partition coefficient (Wildman–Crippen LogP) is 1.44. The van der Waals surface area contributed by atoms with E-state index in [9.17, 15) is 0 Å². The summed E-state index contributed by atoms with van der Waals surface area (Å²) >= 11 is 1.55. The fraction of sp³-hybridized carbons (Fsp3) is 0.345. The Morgan fingerprint density at radius 3 is 2.38 bits per heavy atom. The number of halogens is 2. The Balaban J connectivity index is 0.000000282. The first-order chi connectivity index (χ1) is 14.7. The average molecular weight is 543 g/mol. The summed E-state index contributed by atoms with van der Waals surface area (Å²) in [6, 6.07) is 19.1. The maximum atomic E-state index is 2.57. The van der Waals surface area contributed by atoms with Gasteiger partial charge >= 0.3 is 41.3 Å². The van der Waals surface area contributed by atoms with Crippen LogP contribution in [-0.4, -0.2) is 3.21 Å². The Labute approximate surface area is 221 Å². The van der Waals surface area contributed by atoms with Gasteiger partial charge in [-0.15, -0.1) is 6.42 Å². The maximum absolute atomic E-state index is 2.57. The van der Waals surface area contributed by atoms with Crippen LogP contribution < -0.4 is 24.8 Å². The van der Waals surface area contributed by atoms with E-state index >= 15 is 0 Å². The molecule has 0 aromatic heterocycles. The zero-order chi connectivity index (χ0) is 20.9. The van der Waals surface area contributed by atoms with Crippen molar-refractivity contribution < 1.29 is 49.0 Å². The second-order valence-corrected chi connectivity index (χ2v) is 11.3. The third-order valence-electron chi connectivity index (χ3n) is 6.46. The van der Waals surface area contributed by atoms with Crippen LogP contribution in [0.5, 0.6) is 0 Å². The van der Waals surface area contributed by atoms with Gasteiger partial charge in [-0.25, -0.2) is 24.1 Å². The molecule has 0 heterocycles. The molecule has 6 rings (SSSR count). The van der Waals surface area contributed by atoms with Crippen LogP contribution in [0.2, 0.25) is 0 Å². The SMILES string of the molecule is C1=CC2=C3C(=C4[CH-]CCCC4C2CC1)Cc1ccccc13.C[C](C)=[Zr+2].[Cl-].[Cl-].c1cc[cH-]c1. The molecule has 0 aliphatic heterocycles. The molecule has 0 nitrogen and oxygen atoms in total. The number of allylic oxidation sites excluding steroid dienone is 6. The summed E-state index contributed by atoms with van der Waals surface area (Å²) in [6.07, 6.45) is 15.3. The maximum Gasteiger partial charge on any atom is -0.172 e. The summed E-state index contributed by atoms with van der Waals surface area (Å²) in [5, 5.41) is 0. The van der Waals surface area contributed by atoms with Crippen molar-refractivity contribution in [3.63, 3.8) is 0 Å². The van der Waals surface area contributed by atoms with Crippen LogP contribution in [0.4, 0.5) is 0 Å². The minimum absolute atomic E-state index is 0. The Kier molecular flexibility index (Phi) is 11.1. The zero-order valence-corrected chi connectivity index (χ0v) is 23.1. The normalized spacial score (nSPS) is 21.5. The fourth-order valence-electron chi connectivity index (χ4n) is 5.38. The number of rotatable bonds is 0. The minimum Gasteiger partial charge on any atom is -1.00 e. The van der Waals surface area contributed by atoms with Crippen LogP contribution in [0, 0.1) is 18.3 Å². The van der Waals surface area contributed by atoms with Gasteiger partial charge in [-0.1, -0.05) is 66.0 Å². The quantitative estimate of drug-likeness (QED) is 0.442. The van der Waals surface area contributed by atoms with E-state index in [-0.39, 0.29) is 24.8 Å². The monoisotopic (exact) mass is 540 g/mol. The topological polar surface area (TPSA) is 0 Å². The summed E-state index contributed by atoms with van der Waals surface area (Å²) in [4.78, 5) is 0. The van der Waals surface area contributed by atoms with Crippen LogP contribution in [0.3, 0.4) is 0 Å². The molecule has 0 bridgehead atoms. The van der Waals surface area contributed by atoms with Crippen molar-refractivity contribution in [1.82, 2.24) is 0 Å². The molecule has 0 spiro atoms. The molecule has 4 aliphatic carbocycles. The number of hydrogen-bond acceptors (Lipinski definition) is 0. The van der Waals surface area contributed by atoms with Gasteiger partial charge in [-0.3, -0.25) is 0 Å². The van der Waals surface area contributed by atoms with Crippen molar-refractivity contribution in [2.24, 2.45) is 11.8 Å². The molecule has 168 valence electrons. The van der Waals surface area contributed by atoms with Gasteiger partial charge in [-0.2, -0.15) is 23.8 Å². The molecule has 4 aliphatic rings. The summed E-state index contributed by atoms with van der Waals surface area (Å²) in [5.41, 5.74) is 9.71. The molecule has 0 amide bonds. The van der Waals surface area contributed by atoms with Gasteiger partial charge in [0.25, 0.3) is 0 Å². The van der Waals surface area contributed by atoms with Crippen molar-refractivity contribution in [3.05, 3.63) is 101 Å². The van der Waals surface area contributed by atoms with Gasteiger partial charge in [0.2, 0.25) is 0 Å². The van der Waals surface area contributed by atoms with Crippen LogP contribution >= 0.6 is 0 Å². The van der Waals surface area contributed by atoms with Gasteiger partial charge in [0.1, 0.15) is 0 Å². The van der Waals surface area contributed by atoms with E-state index in [0.717, 1.165) is 18.3 Å².